The van der Waals surface area contributed by atoms with Gasteiger partial charge in [0.2, 0.25) is 0 Å². The smallest absolute Gasteiger partial charge is 0.459 e. The summed E-state index contributed by atoms with van der Waals surface area (Å²) in [4.78, 5) is 38.4. The molecule has 1 aromatic heterocycles. The fourth-order valence-corrected chi connectivity index (χ4v) is 4.94. The van der Waals surface area contributed by atoms with E-state index in [-0.39, 0.29) is 24.9 Å². The van der Waals surface area contributed by atoms with Crippen molar-refractivity contribution in [1.82, 2.24) is 14.6 Å². The number of carbonyl (C=O) groups is 1. The van der Waals surface area contributed by atoms with Gasteiger partial charge < -0.3 is 18.7 Å². The van der Waals surface area contributed by atoms with Gasteiger partial charge in [-0.2, -0.15) is 5.09 Å². The third-order valence-electron chi connectivity index (χ3n) is 5.67. The van der Waals surface area contributed by atoms with Gasteiger partial charge >= 0.3 is 19.4 Å². The van der Waals surface area contributed by atoms with Crippen molar-refractivity contribution in [2.75, 3.05) is 20.3 Å². The number of benzene rings is 1. The average Bonchev–Trinajstić information content (AvgIpc) is 3.33. The van der Waals surface area contributed by atoms with Crippen LogP contribution in [-0.2, 0) is 28.1 Å². The number of ether oxygens (including phenoxy) is 3. The number of aromatic amines is 1. The number of para-hydroxylation sites is 1. The summed E-state index contributed by atoms with van der Waals surface area (Å²) in [6.45, 7) is 5.17. The van der Waals surface area contributed by atoms with Gasteiger partial charge in [0.15, 0.2) is 12.5 Å². The van der Waals surface area contributed by atoms with Crippen LogP contribution in [0.3, 0.4) is 0 Å². The number of carbonyl (C=O) groups excluding carboxylic acids is 1. The lowest BCUT2D eigenvalue weighted by molar-refractivity contribution is -0.143. The number of nitrogens with zero attached hydrogens (tertiary/aromatic N) is 1. The summed E-state index contributed by atoms with van der Waals surface area (Å²) in [5, 5.41) is 2.72. The van der Waals surface area contributed by atoms with Gasteiger partial charge in [-0.05, 0) is 31.4 Å². The van der Waals surface area contributed by atoms with Crippen LogP contribution in [0, 0.1) is 12.8 Å². The second-order valence-electron chi connectivity index (χ2n) is 8.48. The first-order valence-electron chi connectivity index (χ1n) is 11.6. The average molecular weight is 525 g/mol. The van der Waals surface area contributed by atoms with Crippen molar-refractivity contribution in [1.29, 1.82) is 0 Å². The van der Waals surface area contributed by atoms with Crippen molar-refractivity contribution in [3.05, 3.63) is 62.9 Å². The van der Waals surface area contributed by atoms with Crippen LogP contribution < -0.4 is 20.9 Å². The van der Waals surface area contributed by atoms with E-state index >= 15 is 0 Å². The van der Waals surface area contributed by atoms with Crippen LogP contribution >= 0.6 is 7.75 Å². The quantitative estimate of drug-likeness (QED) is 0.313. The second kappa shape index (κ2) is 12.5. The zero-order valence-electron chi connectivity index (χ0n) is 20.7. The molecular weight excluding hydrogens is 493 g/mol. The SMILES string of the molecule is CCC(C)C[C@H](NP(=O)(OC[C@@H]1OC[C@H](n2cc(C)c(=O)[nH]c2=O)O1)Oc1ccccc1)C(=O)OC. The maximum atomic E-state index is 13.8. The monoisotopic (exact) mass is 525 g/mol. The van der Waals surface area contributed by atoms with Crippen molar-refractivity contribution in [2.24, 2.45) is 5.92 Å². The predicted octanol–water partition coefficient (Wildman–Crippen LogP) is 2.49. The lowest BCUT2D eigenvalue weighted by Crippen LogP contribution is -2.39. The molecule has 0 aliphatic carbocycles. The Morgan fingerprint density at radius 1 is 1.31 bits per heavy atom. The number of hydrogen-bond acceptors (Lipinski definition) is 9. The van der Waals surface area contributed by atoms with Gasteiger partial charge in [-0.25, -0.2) is 9.36 Å². The number of H-pyrrole nitrogens is 1. The number of hydrogen-bond donors (Lipinski definition) is 2. The highest BCUT2D eigenvalue weighted by Crippen LogP contribution is 2.46. The Kier molecular flexibility index (Phi) is 9.63. The van der Waals surface area contributed by atoms with E-state index in [1.165, 1.54) is 17.9 Å². The molecule has 0 amide bonds. The van der Waals surface area contributed by atoms with Gasteiger partial charge in [-0.3, -0.25) is 23.7 Å². The van der Waals surface area contributed by atoms with Gasteiger partial charge in [-0.15, -0.1) is 0 Å². The van der Waals surface area contributed by atoms with Crippen molar-refractivity contribution in [3.63, 3.8) is 0 Å². The van der Waals surface area contributed by atoms with E-state index in [2.05, 4.69) is 10.1 Å². The summed E-state index contributed by atoms with van der Waals surface area (Å²) in [5.74, 6) is -0.202. The zero-order valence-corrected chi connectivity index (χ0v) is 21.6. The van der Waals surface area contributed by atoms with Crippen LogP contribution in [0.2, 0.25) is 0 Å². The molecule has 0 radical (unpaired) electrons. The van der Waals surface area contributed by atoms with E-state index in [1.807, 2.05) is 13.8 Å². The third kappa shape index (κ3) is 7.37. The minimum Gasteiger partial charge on any atom is -0.468 e. The first-order valence-corrected chi connectivity index (χ1v) is 13.1. The molecule has 0 bridgehead atoms. The summed E-state index contributed by atoms with van der Waals surface area (Å²) in [7, 11) is -2.88. The summed E-state index contributed by atoms with van der Waals surface area (Å²) in [5.41, 5.74) is -0.804. The highest BCUT2D eigenvalue weighted by Gasteiger charge is 2.37. The Morgan fingerprint density at radius 2 is 2.03 bits per heavy atom. The summed E-state index contributed by atoms with van der Waals surface area (Å²) in [6.07, 6.45) is 0.710. The van der Waals surface area contributed by atoms with Gasteiger partial charge in [-0.1, -0.05) is 38.5 Å². The lowest BCUT2D eigenvalue weighted by Gasteiger charge is -2.26. The van der Waals surface area contributed by atoms with E-state index in [4.69, 9.17) is 23.3 Å². The Morgan fingerprint density at radius 3 is 2.69 bits per heavy atom. The molecule has 2 N–H and O–H groups in total. The number of nitrogens with one attached hydrogen (secondary N) is 2. The van der Waals surface area contributed by atoms with E-state index < -0.39 is 43.5 Å². The number of rotatable bonds is 12. The molecule has 13 heteroatoms. The molecule has 2 aromatic rings. The first-order chi connectivity index (χ1) is 17.1. The molecule has 198 valence electrons. The molecule has 1 fully saturated rings. The van der Waals surface area contributed by atoms with Crippen molar-refractivity contribution >= 4 is 13.7 Å². The molecule has 0 saturated carbocycles. The molecule has 3 rings (SSSR count). The lowest BCUT2D eigenvalue weighted by atomic mass is 10.0. The maximum absolute atomic E-state index is 13.8. The molecule has 1 aromatic carbocycles. The Balaban J connectivity index is 1.74. The van der Waals surface area contributed by atoms with Gasteiger partial charge in [0.25, 0.3) is 5.56 Å². The molecule has 12 nitrogen and oxygen atoms in total. The minimum absolute atomic E-state index is 0.00447. The summed E-state index contributed by atoms with van der Waals surface area (Å²) in [6, 6.07) is 7.43. The molecular formula is C23H32N3O9P. The highest BCUT2D eigenvalue weighted by atomic mass is 31.2. The maximum Gasteiger partial charge on any atom is 0.459 e. The van der Waals surface area contributed by atoms with Crippen molar-refractivity contribution in [2.45, 2.75) is 52.2 Å². The fraction of sp³-hybridized carbons (Fsp3) is 0.522. The number of aryl methyl sites for hydroxylation is 1. The summed E-state index contributed by atoms with van der Waals surface area (Å²) >= 11 is 0. The predicted molar refractivity (Wildman–Crippen MR) is 130 cm³/mol. The van der Waals surface area contributed by atoms with Crippen LogP contribution in [0.1, 0.15) is 38.5 Å². The molecule has 1 aliphatic heterocycles. The highest BCUT2D eigenvalue weighted by molar-refractivity contribution is 7.52. The molecule has 5 atom stereocenters. The molecule has 1 saturated heterocycles. The fourth-order valence-electron chi connectivity index (χ4n) is 3.45. The van der Waals surface area contributed by atoms with Gasteiger partial charge in [0.1, 0.15) is 18.4 Å². The van der Waals surface area contributed by atoms with Gasteiger partial charge in [0.05, 0.1) is 13.7 Å². The molecule has 2 unspecified atom stereocenters. The Bertz CT molecular complexity index is 1180. The molecule has 0 spiro atoms. The van der Waals surface area contributed by atoms with Crippen LogP contribution in [0.5, 0.6) is 5.75 Å². The van der Waals surface area contributed by atoms with Crippen LogP contribution in [0.25, 0.3) is 0 Å². The van der Waals surface area contributed by atoms with Crippen LogP contribution in [0.4, 0.5) is 0 Å². The Hall–Kier alpha value is -2.76. The minimum atomic E-state index is -4.13. The van der Waals surface area contributed by atoms with E-state index in [9.17, 15) is 18.9 Å². The summed E-state index contributed by atoms with van der Waals surface area (Å²) < 4.78 is 42.4. The number of methoxy groups -OCH3 is 1. The van der Waals surface area contributed by atoms with E-state index in [1.54, 1.807) is 37.3 Å². The Labute approximate surface area is 208 Å². The second-order valence-corrected chi connectivity index (χ2v) is 10.2. The molecule has 36 heavy (non-hydrogen) atoms. The van der Waals surface area contributed by atoms with Crippen molar-refractivity contribution in [3.8, 4) is 5.75 Å². The van der Waals surface area contributed by atoms with E-state index in [0.717, 1.165) is 6.42 Å². The topological polar surface area (TPSA) is 147 Å². The van der Waals surface area contributed by atoms with Crippen LogP contribution in [0.15, 0.2) is 46.1 Å². The van der Waals surface area contributed by atoms with Crippen LogP contribution in [-0.4, -0.2) is 48.2 Å². The van der Waals surface area contributed by atoms with E-state index in [0.29, 0.717) is 12.0 Å². The van der Waals surface area contributed by atoms with Gasteiger partial charge in [0, 0.05) is 11.8 Å². The zero-order chi connectivity index (χ0) is 26.3. The third-order valence-corrected chi connectivity index (χ3v) is 7.24. The molecule has 1 aliphatic rings. The number of aromatic nitrogens is 2. The standard InChI is InChI=1S/C23H32N3O9P/c1-5-15(2)11-18(22(28)31-4)25-36(30,35-17-9-7-6-8-10-17)33-14-20-32-13-19(34-20)26-12-16(3)21(27)24-23(26)29/h6-10,12,15,18-20H,5,11,13-14H2,1-4H3,(H,25,30)(H,24,27,29)/t15?,18-,19+,20+,36?/m0/s1. The number of esters is 1. The largest absolute Gasteiger partial charge is 0.468 e. The molecule has 2 heterocycles. The first kappa shape index (κ1) is 27.8. The normalized spacial score (nSPS) is 20.9. The van der Waals surface area contributed by atoms with Crippen molar-refractivity contribution < 1.29 is 32.6 Å².